The molecule has 7 heteroatoms. The molecule has 7 nitrogen and oxygen atoms in total. The monoisotopic (exact) mass is 551 g/mol. The average Bonchev–Trinajstić information content (AvgIpc) is 2.88. The summed E-state index contributed by atoms with van der Waals surface area (Å²) in [4.78, 5) is 42.9. The second kappa shape index (κ2) is 15.4. The van der Waals surface area contributed by atoms with Gasteiger partial charge >= 0.3 is 6.09 Å². The van der Waals surface area contributed by atoms with Crippen LogP contribution in [0.15, 0.2) is 60.7 Å². The molecule has 0 spiro atoms. The van der Waals surface area contributed by atoms with Crippen molar-refractivity contribution in [3.8, 4) is 0 Å². The summed E-state index contributed by atoms with van der Waals surface area (Å²) < 4.78 is 5.50. The van der Waals surface area contributed by atoms with Crippen molar-refractivity contribution in [3.63, 3.8) is 0 Å². The van der Waals surface area contributed by atoms with Gasteiger partial charge in [-0.15, -0.1) is 0 Å². The fraction of sp³-hybridized carbons (Fsp3) is 0.545. The molecule has 220 valence electrons. The van der Waals surface area contributed by atoms with Crippen LogP contribution in [0.2, 0.25) is 0 Å². The Morgan fingerprint density at radius 3 is 1.93 bits per heavy atom. The number of amides is 3. The highest BCUT2D eigenvalue weighted by atomic mass is 16.6. The number of rotatable bonds is 13. The Bertz CT molecular complexity index is 1060. The topological polar surface area (TPSA) is 87.7 Å². The molecule has 0 aliphatic carbocycles. The van der Waals surface area contributed by atoms with Gasteiger partial charge in [-0.1, -0.05) is 88.4 Å². The van der Waals surface area contributed by atoms with Crippen molar-refractivity contribution < 1.29 is 19.1 Å². The van der Waals surface area contributed by atoms with E-state index in [-0.39, 0.29) is 23.8 Å². The van der Waals surface area contributed by atoms with Gasteiger partial charge in [0, 0.05) is 12.6 Å². The second-order valence-corrected chi connectivity index (χ2v) is 12.4. The van der Waals surface area contributed by atoms with E-state index in [0.29, 0.717) is 18.9 Å². The lowest BCUT2D eigenvalue weighted by molar-refractivity contribution is -0.145. The minimum Gasteiger partial charge on any atom is -0.444 e. The van der Waals surface area contributed by atoms with E-state index in [4.69, 9.17) is 4.74 Å². The summed E-state index contributed by atoms with van der Waals surface area (Å²) in [6.45, 7) is 16.0. The van der Waals surface area contributed by atoms with Gasteiger partial charge in [0.05, 0.1) is 0 Å². The molecular formula is C33H49N3O4. The lowest BCUT2D eigenvalue weighted by Crippen LogP contribution is -2.55. The highest BCUT2D eigenvalue weighted by Crippen LogP contribution is 2.28. The van der Waals surface area contributed by atoms with Crippen molar-refractivity contribution in [1.82, 2.24) is 15.5 Å². The normalized spacial score (nSPS) is 13.8. The molecule has 2 aromatic rings. The number of nitrogens with one attached hydrogen (secondary N) is 2. The number of carbonyl (C=O) groups is 3. The zero-order chi connectivity index (χ0) is 29.9. The van der Waals surface area contributed by atoms with Crippen molar-refractivity contribution in [2.45, 2.75) is 105 Å². The van der Waals surface area contributed by atoms with Gasteiger partial charge in [-0.2, -0.15) is 0 Å². The molecule has 2 rings (SSSR count). The molecule has 0 aliphatic rings. The Morgan fingerprint density at radius 2 is 1.40 bits per heavy atom. The summed E-state index contributed by atoms with van der Waals surface area (Å²) in [7, 11) is 0. The van der Waals surface area contributed by atoms with Crippen LogP contribution in [0.4, 0.5) is 4.79 Å². The summed E-state index contributed by atoms with van der Waals surface area (Å²) in [5, 5.41) is 5.88. The number of hydrogen-bond acceptors (Lipinski definition) is 4. The first-order valence-corrected chi connectivity index (χ1v) is 14.5. The first kappa shape index (κ1) is 32.9. The van der Waals surface area contributed by atoms with Gasteiger partial charge in [0.1, 0.15) is 17.7 Å². The minimum atomic E-state index is -0.866. The number of hydrogen-bond donors (Lipinski definition) is 2. The van der Waals surface area contributed by atoms with Gasteiger partial charge in [-0.3, -0.25) is 9.59 Å². The van der Waals surface area contributed by atoms with Gasteiger partial charge in [-0.25, -0.2) is 4.79 Å². The first-order valence-electron chi connectivity index (χ1n) is 14.5. The van der Waals surface area contributed by atoms with Crippen molar-refractivity contribution in [2.24, 2.45) is 11.8 Å². The molecule has 0 aromatic heterocycles. The number of carbonyl (C=O) groups excluding carboxylic acids is 3. The Morgan fingerprint density at radius 1 is 0.825 bits per heavy atom. The molecule has 0 aliphatic heterocycles. The van der Waals surface area contributed by atoms with Crippen LogP contribution in [0.3, 0.4) is 0 Å². The smallest absolute Gasteiger partial charge is 0.408 e. The van der Waals surface area contributed by atoms with Crippen molar-refractivity contribution in [1.29, 1.82) is 0 Å². The van der Waals surface area contributed by atoms with E-state index in [1.165, 1.54) is 0 Å². The number of alkyl carbamates (subject to hydrolysis) is 1. The average molecular weight is 552 g/mol. The van der Waals surface area contributed by atoms with E-state index in [2.05, 4.69) is 24.5 Å². The van der Waals surface area contributed by atoms with Crippen molar-refractivity contribution >= 4 is 17.9 Å². The third kappa shape index (κ3) is 11.0. The van der Waals surface area contributed by atoms with Crippen LogP contribution < -0.4 is 10.6 Å². The molecule has 0 saturated carbocycles. The maximum atomic E-state index is 14.4. The largest absolute Gasteiger partial charge is 0.444 e. The van der Waals surface area contributed by atoms with Crippen LogP contribution in [0.25, 0.3) is 0 Å². The second-order valence-electron chi connectivity index (χ2n) is 12.4. The van der Waals surface area contributed by atoms with Gasteiger partial charge in [0.15, 0.2) is 0 Å². The fourth-order valence-corrected chi connectivity index (χ4v) is 4.59. The van der Waals surface area contributed by atoms with E-state index in [0.717, 1.165) is 24.0 Å². The van der Waals surface area contributed by atoms with Gasteiger partial charge in [-0.05, 0) is 69.9 Å². The molecule has 0 fully saturated rings. The quantitative estimate of drug-likeness (QED) is 0.292. The van der Waals surface area contributed by atoms with E-state index < -0.39 is 23.8 Å². The first-order chi connectivity index (χ1) is 18.8. The predicted molar refractivity (Wildman–Crippen MR) is 160 cm³/mol. The van der Waals surface area contributed by atoms with E-state index >= 15 is 0 Å². The SMILES string of the molecule is CC(C)CCC(C)N(C(=O)C(CC(C)C)NC(=O)OC(C)(C)C)C(C(=O)NCc1ccccc1)c1ccccc1. The number of nitrogens with zero attached hydrogens (tertiary/aromatic N) is 1. The Balaban J connectivity index is 2.51. The fourth-order valence-electron chi connectivity index (χ4n) is 4.59. The van der Waals surface area contributed by atoms with E-state index in [9.17, 15) is 14.4 Å². The molecule has 2 aromatic carbocycles. The molecule has 0 radical (unpaired) electrons. The highest BCUT2D eigenvalue weighted by Gasteiger charge is 2.39. The van der Waals surface area contributed by atoms with Crippen LogP contribution in [-0.2, 0) is 20.9 Å². The molecule has 0 bridgehead atoms. The number of ether oxygens (including phenoxy) is 1. The molecule has 3 unspecified atom stereocenters. The zero-order valence-corrected chi connectivity index (χ0v) is 25.6. The van der Waals surface area contributed by atoms with Crippen LogP contribution in [0, 0.1) is 11.8 Å². The van der Waals surface area contributed by atoms with Gasteiger partial charge in [0.2, 0.25) is 11.8 Å². The molecule has 40 heavy (non-hydrogen) atoms. The van der Waals surface area contributed by atoms with Crippen LogP contribution in [0.5, 0.6) is 0 Å². The van der Waals surface area contributed by atoms with Crippen molar-refractivity contribution in [2.75, 3.05) is 0 Å². The summed E-state index contributed by atoms with van der Waals surface area (Å²) in [5.74, 6) is 0.00603. The Kier molecular flexibility index (Phi) is 12.7. The number of benzene rings is 2. The Hall–Kier alpha value is -3.35. The molecule has 3 atom stereocenters. The van der Waals surface area contributed by atoms with E-state index in [1.807, 2.05) is 81.4 Å². The van der Waals surface area contributed by atoms with Crippen LogP contribution in [-0.4, -0.2) is 40.5 Å². The lowest BCUT2D eigenvalue weighted by atomic mass is 9.95. The zero-order valence-electron chi connectivity index (χ0n) is 25.6. The summed E-state index contributed by atoms with van der Waals surface area (Å²) >= 11 is 0. The standard InChI is InChI=1S/C33H49N3O4/c1-23(2)19-20-25(5)36(31(38)28(21-24(3)4)35-32(39)40-33(6,7)8)29(27-17-13-10-14-18-27)30(37)34-22-26-15-11-9-12-16-26/h9-18,23-25,28-29H,19-22H2,1-8H3,(H,34,37)(H,35,39). The maximum Gasteiger partial charge on any atom is 0.408 e. The molecule has 3 amide bonds. The minimum absolute atomic E-state index is 0.124. The maximum absolute atomic E-state index is 14.4. The molecule has 0 heterocycles. The van der Waals surface area contributed by atoms with Crippen molar-refractivity contribution in [3.05, 3.63) is 71.8 Å². The van der Waals surface area contributed by atoms with Gasteiger partial charge < -0.3 is 20.3 Å². The van der Waals surface area contributed by atoms with Crippen LogP contribution >= 0.6 is 0 Å². The third-order valence-electron chi connectivity index (χ3n) is 6.54. The lowest BCUT2D eigenvalue weighted by Gasteiger charge is -2.39. The molecule has 0 saturated heterocycles. The van der Waals surface area contributed by atoms with Crippen LogP contribution in [0.1, 0.15) is 91.8 Å². The third-order valence-corrected chi connectivity index (χ3v) is 6.54. The molecular weight excluding hydrogens is 502 g/mol. The van der Waals surface area contributed by atoms with E-state index in [1.54, 1.807) is 25.7 Å². The Labute approximate surface area is 241 Å². The predicted octanol–water partition coefficient (Wildman–Crippen LogP) is 6.64. The highest BCUT2D eigenvalue weighted by molar-refractivity contribution is 5.92. The summed E-state index contributed by atoms with van der Waals surface area (Å²) in [6.07, 6.45) is 1.39. The summed E-state index contributed by atoms with van der Waals surface area (Å²) in [5.41, 5.74) is 0.986. The molecule has 2 N–H and O–H groups in total. The summed E-state index contributed by atoms with van der Waals surface area (Å²) in [6, 6.07) is 17.1. The van der Waals surface area contributed by atoms with Gasteiger partial charge in [0.25, 0.3) is 0 Å².